The third kappa shape index (κ3) is 8.15. The fraction of sp³-hybridized carbons (Fsp3) is 0.593. The quantitative estimate of drug-likeness (QED) is 0.331. The first kappa shape index (κ1) is 30.8. The average Bonchev–Trinajstić information content (AvgIpc) is 2.85. The first-order valence-electron chi connectivity index (χ1n) is 12.9. The van der Waals surface area contributed by atoms with Gasteiger partial charge >= 0.3 is 23.9 Å². The number of carbonyl (C=O) groups excluding carboxylic acids is 5. The summed E-state index contributed by atoms with van der Waals surface area (Å²) >= 11 is 0. The second-order valence-electron chi connectivity index (χ2n) is 9.65. The summed E-state index contributed by atoms with van der Waals surface area (Å²) in [5.74, 6) is -3.14. The maximum Gasteiger partial charge on any atom is 0.303 e. The number of benzene rings is 1. The van der Waals surface area contributed by atoms with Crippen LogP contribution in [0, 0.1) is 0 Å². The molecule has 2 fully saturated rings. The Hall–Kier alpha value is -3.71. The normalized spacial score (nSPS) is 28.1. The molecule has 3 rings (SSSR count). The van der Waals surface area contributed by atoms with Gasteiger partial charge < -0.3 is 38.1 Å². The number of morpholine rings is 1. The van der Waals surface area contributed by atoms with E-state index in [-0.39, 0.29) is 29.4 Å². The van der Waals surface area contributed by atoms with E-state index in [0.29, 0.717) is 13.1 Å². The van der Waals surface area contributed by atoms with Crippen LogP contribution in [0.2, 0.25) is 0 Å². The molecule has 0 aromatic heterocycles. The molecule has 220 valence electrons. The highest BCUT2D eigenvalue weighted by atomic mass is 16.7. The highest BCUT2D eigenvalue weighted by Crippen LogP contribution is 2.32. The van der Waals surface area contributed by atoms with Crippen LogP contribution >= 0.6 is 0 Å². The first-order chi connectivity index (χ1) is 18.8. The fourth-order valence-corrected chi connectivity index (χ4v) is 4.67. The molecule has 0 unspecified atom stereocenters. The molecule has 1 aromatic carbocycles. The number of ether oxygens (including phenoxy) is 7. The lowest BCUT2D eigenvalue weighted by Gasteiger charge is -2.44. The van der Waals surface area contributed by atoms with Crippen molar-refractivity contribution in [3.05, 3.63) is 29.8 Å². The van der Waals surface area contributed by atoms with Gasteiger partial charge in [0, 0.05) is 40.8 Å². The Labute approximate surface area is 231 Å². The largest absolute Gasteiger partial charge is 0.463 e. The van der Waals surface area contributed by atoms with Crippen LogP contribution in [0.3, 0.4) is 0 Å². The van der Waals surface area contributed by atoms with Crippen molar-refractivity contribution in [3.8, 4) is 5.75 Å². The van der Waals surface area contributed by atoms with Gasteiger partial charge in [-0.15, -0.1) is 0 Å². The van der Waals surface area contributed by atoms with E-state index >= 15 is 0 Å². The lowest BCUT2D eigenvalue weighted by Crippen LogP contribution is -2.63. The Bertz CT molecular complexity index is 1100. The van der Waals surface area contributed by atoms with E-state index in [2.05, 4.69) is 0 Å². The summed E-state index contributed by atoms with van der Waals surface area (Å²) in [4.78, 5) is 62.8. The summed E-state index contributed by atoms with van der Waals surface area (Å²) < 4.78 is 39.2. The number of amides is 1. The van der Waals surface area contributed by atoms with Crippen LogP contribution < -0.4 is 4.74 Å². The Balaban J connectivity index is 1.99. The van der Waals surface area contributed by atoms with Crippen molar-refractivity contribution in [2.24, 2.45) is 0 Å². The van der Waals surface area contributed by atoms with Gasteiger partial charge in [-0.1, -0.05) is 12.1 Å². The minimum absolute atomic E-state index is 0.0974. The number of hydrogen-bond acceptors (Lipinski definition) is 12. The van der Waals surface area contributed by atoms with Crippen molar-refractivity contribution >= 4 is 29.8 Å². The molecular weight excluding hydrogens is 530 g/mol. The first-order valence-corrected chi connectivity index (χ1v) is 12.9. The third-order valence-corrected chi connectivity index (χ3v) is 6.02. The van der Waals surface area contributed by atoms with Gasteiger partial charge in [0.05, 0.1) is 17.8 Å². The monoisotopic (exact) mass is 565 g/mol. The minimum Gasteiger partial charge on any atom is -0.463 e. The topological polar surface area (TPSA) is 153 Å². The molecule has 40 heavy (non-hydrogen) atoms. The molecule has 0 radical (unpaired) electrons. The van der Waals surface area contributed by atoms with Gasteiger partial charge in [-0.05, 0) is 26.0 Å². The summed E-state index contributed by atoms with van der Waals surface area (Å²) in [6, 6.07) is 6.42. The number of esters is 4. The van der Waals surface area contributed by atoms with Crippen LogP contribution in [-0.2, 0) is 47.6 Å². The van der Waals surface area contributed by atoms with Crippen molar-refractivity contribution in [2.45, 2.75) is 84.5 Å². The summed E-state index contributed by atoms with van der Waals surface area (Å²) in [5, 5.41) is 0. The van der Waals surface area contributed by atoms with E-state index in [9.17, 15) is 24.0 Å². The molecule has 13 nitrogen and oxygen atoms in total. The van der Waals surface area contributed by atoms with Crippen LogP contribution in [0.1, 0.15) is 51.9 Å². The average molecular weight is 566 g/mol. The Morgan fingerprint density at radius 2 is 1.32 bits per heavy atom. The second kappa shape index (κ2) is 13.6. The molecule has 0 N–H and O–H groups in total. The van der Waals surface area contributed by atoms with Crippen LogP contribution in [-0.4, -0.2) is 97.3 Å². The lowest BCUT2D eigenvalue weighted by atomic mass is 9.98. The minimum atomic E-state index is -1.46. The smallest absolute Gasteiger partial charge is 0.303 e. The number of carbonyl (C=O) groups is 5. The predicted molar refractivity (Wildman–Crippen MR) is 135 cm³/mol. The predicted octanol–water partition coefficient (Wildman–Crippen LogP) is 1.40. The number of para-hydroxylation sites is 1. The molecule has 2 aliphatic rings. The van der Waals surface area contributed by atoms with Gasteiger partial charge in [-0.25, -0.2) is 0 Å². The van der Waals surface area contributed by atoms with Crippen molar-refractivity contribution in [3.63, 3.8) is 0 Å². The summed E-state index contributed by atoms with van der Waals surface area (Å²) in [6.45, 7) is 8.65. The molecule has 0 bridgehead atoms. The zero-order valence-corrected chi connectivity index (χ0v) is 23.3. The van der Waals surface area contributed by atoms with Crippen molar-refractivity contribution in [2.75, 3.05) is 19.7 Å². The van der Waals surface area contributed by atoms with E-state index < -0.39 is 61.2 Å². The molecular formula is C27H35NO12. The maximum atomic E-state index is 13.5. The molecule has 13 heteroatoms. The van der Waals surface area contributed by atoms with E-state index in [0.717, 1.165) is 20.8 Å². The van der Waals surface area contributed by atoms with E-state index in [1.165, 1.54) is 13.0 Å². The molecule has 2 heterocycles. The molecule has 2 saturated heterocycles. The molecule has 2 aliphatic heterocycles. The molecule has 0 saturated carbocycles. The zero-order chi connectivity index (χ0) is 29.6. The van der Waals surface area contributed by atoms with Gasteiger partial charge in [0.25, 0.3) is 5.91 Å². The number of hydrogen-bond donors (Lipinski definition) is 0. The van der Waals surface area contributed by atoms with Crippen molar-refractivity contribution < 1.29 is 57.1 Å². The molecule has 7 atom stereocenters. The second-order valence-corrected chi connectivity index (χ2v) is 9.65. The molecule has 0 aliphatic carbocycles. The molecule has 0 spiro atoms. The SMILES string of the molecule is CC(=O)OC[C@H]1O[C@H](Oc2ccccc2C(=O)N2C[C@@H](C)O[C@@H](C)C2)[C@H](OC(C)=O)[C@@H](OC(C)=O)[C@@H]1OC(C)=O. The van der Waals surface area contributed by atoms with Gasteiger partial charge in [-0.3, -0.25) is 24.0 Å². The van der Waals surface area contributed by atoms with Crippen LogP contribution in [0.4, 0.5) is 0 Å². The van der Waals surface area contributed by atoms with Crippen molar-refractivity contribution in [1.82, 2.24) is 4.90 Å². The Kier molecular flexibility index (Phi) is 10.5. The summed E-state index contributed by atoms with van der Waals surface area (Å²) in [6.07, 6.45) is -7.12. The highest BCUT2D eigenvalue weighted by molar-refractivity contribution is 5.97. The standard InChI is InChI=1S/C27H35NO12/c1-14-11-28(12-15(2)35-14)26(33)20-9-7-8-10-21(20)39-27-25(38-19(6)32)24(37-18(5)31)23(36-17(4)30)22(40-27)13-34-16(3)29/h7-10,14-15,22-25,27H,11-13H2,1-6H3/t14-,15+,22-,23-,24+,25-,27+/m1/s1. The summed E-state index contributed by atoms with van der Waals surface area (Å²) in [7, 11) is 0. The van der Waals surface area contributed by atoms with Crippen LogP contribution in [0.15, 0.2) is 24.3 Å². The highest BCUT2D eigenvalue weighted by Gasteiger charge is 2.53. The summed E-state index contributed by atoms with van der Waals surface area (Å²) in [5.41, 5.74) is 0.205. The third-order valence-electron chi connectivity index (χ3n) is 6.02. The Morgan fingerprint density at radius 3 is 1.90 bits per heavy atom. The van der Waals surface area contributed by atoms with Crippen LogP contribution in [0.5, 0.6) is 5.75 Å². The van der Waals surface area contributed by atoms with Gasteiger partial charge in [0.1, 0.15) is 18.5 Å². The zero-order valence-electron chi connectivity index (χ0n) is 23.3. The van der Waals surface area contributed by atoms with Gasteiger partial charge in [0.2, 0.25) is 12.4 Å². The van der Waals surface area contributed by atoms with Gasteiger partial charge in [-0.2, -0.15) is 0 Å². The number of rotatable bonds is 8. The number of nitrogens with zero attached hydrogens (tertiary/aromatic N) is 1. The van der Waals surface area contributed by atoms with Crippen LogP contribution in [0.25, 0.3) is 0 Å². The van der Waals surface area contributed by atoms with E-state index in [1.807, 2.05) is 13.8 Å². The van der Waals surface area contributed by atoms with E-state index in [4.69, 9.17) is 33.2 Å². The lowest BCUT2D eigenvalue weighted by molar-refractivity contribution is -0.288. The fourth-order valence-electron chi connectivity index (χ4n) is 4.67. The maximum absolute atomic E-state index is 13.5. The Morgan fingerprint density at radius 1 is 0.775 bits per heavy atom. The van der Waals surface area contributed by atoms with E-state index in [1.54, 1.807) is 23.1 Å². The van der Waals surface area contributed by atoms with Crippen molar-refractivity contribution in [1.29, 1.82) is 0 Å². The molecule has 1 amide bonds. The van der Waals surface area contributed by atoms with Gasteiger partial charge in [0.15, 0.2) is 12.2 Å². The molecule has 1 aromatic rings.